The summed E-state index contributed by atoms with van der Waals surface area (Å²) in [5.41, 5.74) is 0.557. The number of rotatable bonds is 4. The Kier molecular flexibility index (Phi) is 7.86. The second-order valence-corrected chi connectivity index (χ2v) is 16.4. The zero-order valence-electron chi connectivity index (χ0n) is 30.8. The van der Waals surface area contributed by atoms with Gasteiger partial charge in [-0.1, -0.05) is 35.4 Å². The van der Waals surface area contributed by atoms with Gasteiger partial charge in [0.1, 0.15) is 5.41 Å². The summed E-state index contributed by atoms with van der Waals surface area (Å²) in [5.74, 6) is -0.758. The highest BCUT2D eigenvalue weighted by Crippen LogP contribution is 2.55. The Hall–Kier alpha value is -2.65. The fraction of sp³-hybridized carbons (Fsp3) is 0.611. The molecule has 2 aromatic carbocycles. The van der Waals surface area contributed by atoms with Crippen LogP contribution in [0.4, 0.5) is 11.4 Å². The Morgan fingerprint density at radius 3 is 0.957 bits per heavy atom. The van der Waals surface area contributed by atoms with Crippen LogP contribution in [0.15, 0.2) is 24.3 Å². The largest absolute Gasteiger partial charge is 0.505 e. The molecule has 0 atom stereocenters. The van der Waals surface area contributed by atoms with Gasteiger partial charge in [0.05, 0.1) is 33.8 Å². The maximum absolute atomic E-state index is 15.3. The summed E-state index contributed by atoms with van der Waals surface area (Å²) >= 11 is 0. The molecule has 3 aliphatic heterocycles. The minimum atomic E-state index is -1.77. The molecule has 2 amide bonds. The molecule has 3 aliphatic rings. The topological polar surface area (TPSA) is 77.5 Å². The van der Waals surface area contributed by atoms with E-state index in [1.54, 1.807) is 23.6 Å². The predicted octanol–water partition coefficient (Wildman–Crippen LogP) is 6.90. The SMILES string of the molecule is Cc1cc(C)c(N2C(=O)C(C)(C)C(=O)N(c3c(C)cc(C)cc3C)C2(B2OC(C)(C)C(C)(C)O2)B2OC(C)(C)C(C)(C)O2)c(C)c1. The number of nitrogens with zero attached hydrogens (tertiary/aromatic N) is 2. The van der Waals surface area contributed by atoms with E-state index >= 15 is 9.59 Å². The van der Waals surface area contributed by atoms with Gasteiger partial charge in [-0.05, 0) is 133 Å². The van der Waals surface area contributed by atoms with Crippen molar-refractivity contribution in [2.24, 2.45) is 5.41 Å². The van der Waals surface area contributed by atoms with Crippen molar-refractivity contribution in [3.05, 3.63) is 57.6 Å². The number of benzene rings is 2. The van der Waals surface area contributed by atoms with E-state index in [4.69, 9.17) is 18.6 Å². The maximum atomic E-state index is 15.3. The van der Waals surface area contributed by atoms with Gasteiger partial charge in [-0.15, -0.1) is 0 Å². The van der Waals surface area contributed by atoms with Crippen LogP contribution < -0.4 is 9.80 Å². The normalized spacial score (nSPS) is 24.3. The first-order valence-electron chi connectivity index (χ1n) is 16.4. The molecule has 248 valence electrons. The van der Waals surface area contributed by atoms with Crippen molar-refractivity contribution in [2.75, 3.05) is 9.80 Å². The standard InChI is InChI=1S/C36H52B2N2O6/c1-21-17-23(3)27(24(4)18-21)39-29(41)31(7,8)30(42)40(28-25(5)19-22(2)20-26(28)6)36(39,37-43-32(9,10)33(11,12)44-37)38-45-34(13,14)35(15,16)46-38/h17-20H,1-16H3. The molecule has 8 nitrogen and oxygen atoms in total. The Morgan fingerprint density at radius 1 is 0.478 bits per heavy atom. The van der Waals surface area contributed by atoms with E-state index in [2.05, 4.69) is 24.3 Å². The van der Waals surface area contributed by atoms with E-state index in [0.29, 0.717) is 11.4 Å². The third-order valence-corrected chi connectivity index (χ3v) is 11.1. The lowest BCUT2D eigenvalue weighted by molar-refractivity contribution is -0.142. The predicted molar refractivity (Wildman–Crippen MR) is 185 cm³/mol. The third kappa shape index (κ3) is 4.73. The maximum Gasteiger partial charge on any atom is 0.505 e. The highest BCUT2D eigenvalue weighted by atomic mass is 16.7. The highest BCUT2D eigenvalue weighted by Gasteiger charge is 2.79. The van der Waals surface area contributed by atoms with Gasteiger partial charge in [0, 0.05) is 0 Å². The van der Waals surface area contributed by atoms with Gasteiger partial charge in [0.2, 0.25) is 11.8 Å². The monoisotopic (exact) mass is 630 g/mol. The first kappa shape index (κ1) is 34.7. The summed E-state index contributed by atoms with van der Waals surface area (Å²) in [6, 6.07) is 8.24. The summed E-state index contributed by atoms with van der Waals surface area (Å²) in [6.07, 6.45) is 0. The van der Waals surface area contributed by atoms with Crippen LogP contribution in [-0.2, 0) is 28.2 Å². The molecule has 0 spiro atoms. The lowest BCUT2D eigenvalue weighted by Gasteiger charge is -2.58. The number of hydrogen-bond donors (Lipinski definition) is 0. The molecule has 0 bridgehead atoms. The molecular weight excluding hydrogens is 578 g/mol. The molecular formula is C36H52B2N2O6. The molecule has 3 saturated heterocycles. The van der Waals surface area contributed by atoms with Crippen LogP contribution in [0.5, 0.6) is 0 Å². The van der Waals surface area contributed by atoms with Crippen LogP contribution in [0.1, 0.15) is 103 Å². The van der Waals surface area contributed by atoms with E-state index in [1.807, 2.05) is 96.9 Å². The lowest BCUT2D eigenvalue weighted by atomic mass is 9.46. The van der Waals surface area contributed by atoms with Crippen LogP contribution in [0, 0.1) is 47.0 Å². The molecule has 0 aliphatic carbocycles. The smallest absolute Gasteiger partial charge is 0.401 e. The van der Waals surface area contributed by atoms with Crippen LogP contribution >= 0.6 is 0 Å². The van der Waals surface area contributed by atoms with Crippen LogP contribution in [0.25, 0.3) is 0 Å². The van der Waals surface area contributed by atoms with Crippen molar-refractivity contribution in [3.8, 4) is 0 Å². The molecule has 46 heavy (non-hydrogen) atoms. The zero-order chi connectivity index (χ0) is 34.7. The number of amides is 2. The van der Waals surface area contributed by atoms with Crippen LogP contribution in [0.2, 0.25) is 0 Å². The third-order valence-electron chi connectivity index (χ3n) is 11.1. The summed E-state index contributed by atoms with van der Waals surface area (Å²) in [7, 11) is -2.34. The van der Waals surface area contributed by atoms with Crippen molar-refractivity contribution in [1.82, 2.24) is 0 Å². The second kappa shape index (κ2) is 10.4. The van der Waals surface area contributed by atoms with Gasteiger partial charge < -0.3 is 18.6 Å². The number of carbonyl (C=O) groups is 2. The van der Waals surface area contributed by atoms with Gasteiger partial charge >= 0.3 is 14.2 Å². The average molecular weight is 630 g/mol. The summed E-state index contributed by atoms with van der Waals surface area (Å²) in [4.78, 5) is 34.0. The van der Waals surface area contributed by atoms with Crippen molar-refractivity contribution in [3.63, 3.8) is 0 Å². The van der Waals surface area contributed by atoms with Crippen molar-refractivity contribution in [1.29, 1.82) is 0 Å². The zero-order valence-corrected chi connectivity index (χ0v) is 30.8. The first-order valence-corrected chi connectivity index (χ1v) is 16.4. The fourth-order valence-corrected chi connectivity index (χ4v) is 7.25. The van der Waals surface area contributed by atoms with Gasteiger partial charge in [-0.25, -0.2) is 0 Å². The van der Waals surface area contributed by atoms with Crippen molar-refractivity contribution in [2.45, 2.75) is 139 Å². The highest BCUT2D eigenvalue weighted by molar-refractivity contribution is 6.76. The quantitative estimate of drug-likeness (QED) is 0.270. The van der Waals surface area contributed by atoms with Crippen molar-refractivity contribution >= 4 is 37.4 Å². The molecule has 0 N–H and O–H groups in total. The Labute approximate surface area is 276 Å². The van der Waals surface area contributed by atoms with Gasteiger partial charge in [0.15, 0.2) is 5.46 Å². The number of anilines is 2. The fourth-order valence-electron chi connectivity index (χ4n) is 7.25. The first-order chi connectivity index (χ1) is 20.8. The lowest BCUT2D eigenvalue weighted by Crippen LogP contribution is -2.86. The molecule has 0 aromatic heterocycles. The van der Waals surface area contributed by atoms with Gasteiger partial charge in [0.25, 0.3) is 0 Å². The number of carbonyl (C=O) groups excluding carboxylic acids is 2. The minimum absolute atomic E-state index is 0.379. The molecule has 2 aromatic rings. The Balaban J connectivity index is 2.02. The molecule has 0 radical (unpaired) electrons. The van der Waals surface area contributed by atoms with E-state index < -0.39 is 47.5 Å². The average Bonchev–Trinajstić information content (AvgIpc) is 3.23. The van der Waals surface area contributed by atoms with E-state index in [0.717, 1.165) is 33.4 Å². The molecule has 10 heteroatoms. The second-order valence-electron chi connectivity index (χ2n) is 16.4. The van der Waals surface area contributed by atoms with Crippen LogP contribution in [0.3, 0.4) is 0 Å². The Bertz CT molecular complexity index is 1430. The molecule has 0 saturated carbocycles. The Morgan fingerprint density at radius 2 is 0.717 bits per heavy atom. The van der Waals surface area contributed by atoms with E-state index in [9.17, 15) is 0 Å². The molecule has 3 fully saturated rings. The van der Waals surface area contributed by atoms with Crippen molar-refractivity contribution < 1.29 is 28.2 Å². The van der Waals surface area contributed by atoms with Gasteiger partial charge in [-0.2, -0.15) is 0 Å². The van der Waals surface area contributed by atoms with Crippen LogP contribution in [-0.4, -0.2) is 53.9 Å². The molecule has 5 rings (SSSR count). The minimum Gasteiger partial charge on any atom is -0.401 e. The van der Waals surface area contributed by atoms with E-state index in [-0.39, 0.29) is 11.8 Å². The molecule has 3 heterocycles. The number of aryl methyl sites for hydroxylation is 6. The van der Waals surface area contributed by atoms with E-state index in [1.165, 1.54) is 0 Å². The summed E-state index contributed by atoms with van der Waals surface area (Å²) in [6.45, 7) is 31.3. The summed E-state index contributed by atoms with van der Waals surface area (Å²) in [5, 5.41) is 0. The van der Waals surface area contributed by atoms with Gasteiger partial charge in [-0.3, -0.25) is 19.4 Å². The summed E-state index contributed by atoms with van der Waals surface area (Å²) < 4.78 is 27.8. The number of hydrogen-bond acceptors (Lipinski definition) is 6. The molecule has 0 unspecified atom stereocenters.